The van der Waals surface area contributed by atoms with E-state index in [-0.39, 0.29) is 24.0 Å². The van der Waals surface area contributed by atoms with Crippen LogP contribution in [0.25, 0.3) is 0 Å². The molecule has 0 unspecified atom stereocenters. The number of aryl methyl sites for hydroxylation is 1. The third-order valence-corrected chi connectivity index (χ3v) is 4.95. The van der Waals surface area contributed by atoms with Gasteiger partial charge in [-0.25, -0.2) is 4.98 Å². The number of nitrogens with one attached hydrogen (secondary N) is 2. The van der Waals surface area contributed by atoms with Crippen LogP contribution in [0.1, 0.15) is 15.4 Å². The number of benzene rings is 1. The second-order valence-corrected chi connectivity index (χ2v) is 7.12. The molecule has 0 bridgehead atoms. The maximum absolute atomic E-state index is 5.35. The van der Waals surface area contributed by atoms with Crippen molar-refractivity contribution in [2.75, 3.05) is 21.3 Å². The number of nitrogens with zero attached hydrogens (tertiary/aromatic N) is 2. The van der Waals surface area contributed by atoms with Gasteiger partial charge in [-0.15, -0.1) is 35.3 Å². The Morgan fingerprint density at radius 1 is 1.20 bits per heavy atom. The van der Waals surface area contributed by atoms with Gasteiger partial charge in [0, 0.05) is 29.1 Å². The first-order valence-corrected chi connectivity index (χ1v) is 8.94. The fourth-order valence-electron chi connectivity index (χ4n) is 2.07. The third kappa shape index (κ3) is 6.30. The number of hydrogen-bond acceptors (Lipinski definition) is 5. The molecule has 0 aliphatic carbocycles. The summed E-state index contributed by atoms with van der Waals surface area (Å²) in [6, 6.07) is 3.83. The van der Waals surface area contributed by atoms with E-state index < -0.39 is 0 Å². The Labute approximate surface area is 177 Å². The van der Waals surface area contributed by atoms with Gasteiger partial charge in [-0.1, -0.05) is 15.9 Å². The van der Waals surface area contributed by atoms with Gasteiger partial charge in [0.15, 0.2) is 17.5 Å². The Hall–Kier alpha value is -1.07. The van der Waals surface area contributed by atoms with Gasteiger partial charge in [0.1, 0.15) is 5.01 Å². The van der Waals surface area contributed by atoms with E-state index in [2.05, 4.69) is 36.5 Å². The molecule has 0 fully saturated rings. The van der Waals surface area contributed by atoms with Crippen molar-refractivity contribution in [2.45, 2.75) is 20.0 Å². The minimum absolute atomic E-state index is 0. The Morgan fingerprint density at radius 3 is 2.40 bits per heavy atom. The van der Waals surface area contributed by atoms with Crippen LogP contribution in [-0.4, -0.2) is 32.2 Å². The highest BCUT2D eigenvalue weighted by Crippen LogP contribution is 2.33. The summed E-state index contributed by atoms with van der Waals surface area (Å²) in [5.74, 6) is 2.10. The number of guanidine groups is 1. The summed E-state index contributed by atoms with van der Waals surface area (Å²) in [6.45, 7) is 3.28. The molecule has 0 aliphatic rings. The number of thiazole rings is 1. The number of methoxy groups -OCH3 is 2. The topological polar surface area (TPSA) is 67.8 Å². The molecule has 1 aromatic carbocycles. The number of aromatic nitrogens is 1. The zero-order valence-corrected chi connectivity index (χ0v) is 19.3. The summed E-state index contributed by atoms with van der Waals surface area (Å²) in [6.07, 6.45) is 1.87. The van der Waals surface area contributed by atoms with Crippen LogP contribution in [0.15, 0.2) is 27.8 Å². The zero-order chi connectivity index (χ0) is 17.5. The zero-order valence-electron chi connectivity index (χ0n) is 14.6. The molecule has 9 heteroatoms. The molecule has 138 valence electrons. The fourth-order valence-corrected chi connectivity index (χ4v) is 3.26. The predicted molar refractivity (Wildman–Crippen MR) is 117 cm³/mol. The van der Waals surface area contributed by atoms with Crippen LogP contribution >= 0.6 is 51.2 Å². The quantitative estimate of drug-likeness (QED) is 0.332. The minimum atomic E-state index is 0. The number of hydrogen-bond donors (Lipinski definition) is 2. The summed E-state index contributed by atoms with van der Waals surface area (Å²) < 4.78 is 11.6. The first kappa shape index (κ1) is 22.0. The minimum Gasteiger partial charge on any atom is -0.493 e. The molecule has 0 aliphatic heterocycles. The standard InChI is InChI=1S/C16H21BrN4O2S.HI/c1-10-7-19-15(24-10)9-21-16(18-2)20-8-11-5-13(22-3)14(23-4)6-12(11)17;/h5-7H,8-9H2,1-4H3,(H2,18,20,21);1H. The van der Waals surface area contributed by atoms with Gasteiger partial charge in [-0.3, -0.25) is 4.99 Å². The maximum atomic E-state index is 5.35. The van der Waals surface area contributed by atoms with Crippen molar-refractivity contribution < 1.29 is 9.47 Å². The van der Waals surface area contributed by atoms with Gasteiger partial charge in [-0.05, 0) is 24.6 Å². The lowest BCUT2D eigenvalue weighted by atomic mass is 10.2. The molecular formula is C16H22BrIN4O2S. The van der Waals surface area contributed by atoms with Crippen LogP contribution in [0.4, 0.5) is 0 Å². The third-order valence-electron chi connectivity index (χ3n) is 3.30. The second kappa shape index (κ2) is 10.8. The van der Waals surface area contributed by atoms with Crippen molar-refractivity contribution in [1.82, 2.24) is 15.6 Å². The molecule has 0 radical (unpaired) electrons. The Morgan fingerprint density at radius 2 is 1.84 bits per heavy atom. The molecule has 2 N–H and O–H groups in total. The maximum Gasteiger partial charge on any atom is 0.191 e. The summed E-state index contributed by atoms with van der Waals surface area (Å²) in [7, 11) is 4.99. The average molecular weight is 541 g/mol. The first-order valence-electron chi connectivity index (χ1n) is 7.33. The number of aliphatic imine (C=N–C) groups is 1. The highest BCUT2D eigenvalue weighted by Gasteiger charge is 2.10. The normalized spacial score (nSPS) is 10.8. The largest absolute Gasteiger partial charge is 0.493 e. The first-order chi connectivity index (χ1) is 11.6. The highest BCUT2D eigenvalue weighted by molar-refractivity contribution is 14.0. The van der Waals surface area contributed by atoms with Gasteiger partial charge >= 0.3 is 0 Å². The molecule has 0 saturated carbocycles. The predicted octanol–water partition coefficient (Wildman–Crippen LogP) is 3.71. The molecule has 2 rings (SSSR count). The molecule has 1 heterocycles. The molecule has 1 aromatic heterocycles. The lowest BCUT2D eigenvalue weighted by Gasteiger charge is -2.14. The van der Waals surface area contributed by atoms with Crippen LogP contribution in [-0.2, 0) is 13.1 Å². The smallest absolute Gasteiger partial charge is 0.191 e. The van der Waals surface area contributed by atoms with E-state index >= 15 is 0 Å². The van der Waals surface area contributed by atoms with E-state index in [4.69, 9.17) is 9.47 Å². The Bertz CT molecular complexity index is 724. The van der Waals surface area contributed by atoms with Gasteiger partial charge < -0.3 is 20.1 Å². The molecule has 0 saturated heterocycles. The van der Waals surface area contributed by atoms with E-state index in [1.807, 2.05) is 25.3 Å². The summed E-state index contributed by atoms with van der Waals surface area (Å²) in [5, 5.41) is 7.57. The van der Waals surface area contributed by atoms with E-state index in [1.165, 1.54) is 4.88 Å². The molecule has 2 aromatic rings. The van der Waals surface area contributed by atoms with Gasteiger partial charge in [-0.2, -0.15) is 0 Å². The monoisotopic (exact) mass is 540 g/mol. The number of ether oxygens (including phenoxy) is 2. The molecule has 0 amide bonds. The Kier molecular flexibility index (Phi) is 9.51. The van der Waals surface area contributed by atoms with Crippen LogP contribution in [0, 0.1) is 6.92 Å². The average Bonchev–Trinajstić information content (AvgIpc) is 3.01. The molecule has 0 atom stereocenters. The van der Waals surface area contributed by atoms with Crippen molar-refractivity contribution in [3.8, 4) is 11.5 Å². The van der Waals surface area contributed by atoms with E-state index in [9.17, 15) is 0 Å². The number of rotatable bonds is 6. The second-order valence-electron chi connectivity index (χ2n) is 4.94. The molecule has 25 heavy (non-hydrogen) atoms. The SMILES string of the molecule is CN=C(NCc1ncc(C)s1)NCc1cc(OC)c(OC)cc1Br.I. The van der Waals surface area contributed by atoms with Gasteiger partial charge in [0.05, 0.1) is 20.8 Å². The van der Waals surface area contributed by atoms with E-state index in [1.54, 1.807) is 32.6 Å². The van der Waals surface area contributed by atoms with Crippen molar-refractivity contribution in [2.24, 2.45) is 4.99 Å². The van der Waals surface area contributed by atoms with Crippen molar-refractivity contribution in [3.63, 3.8) is 0 Å². The van der Waals surface area contributed by atoms with Crippen LogP contribution in [0.2, 0.25) is 0 Å². The lowest BCUT2D eigenvalue weighted by Crippen LogP contribution is -2.36. The molecular weight excluding hydrogens is 519 g/mol. The van der Waals surface area contributed by atoms with Gasteiger partial charge in [0.2, 0.25) is 0 Å². The van der Waals surface area contributed by atoms with E-state index in [0.717, 1.165) is 15.0 Å². The van der Waals surface area contributed by atoms with Gasteiger partial charge in [0.25, 0.3) is 0 Å². The number of halogens is 2. The fraction of sp³-hybridized carbons (Fsp3) is 0.375. The summed E-state index contributed by atoms with van der Waals surface area (Å²) >= 11 is 5.23. The summed E-state index contributed by atoms with van der Waals surface area (Å²) in [4.78, 5) is 9.76. The van der Waals surface area contributed by atoms with Crippen LogP contribution in [0.3, 0.4) is 0 Å². The highest BCUT2D eigenvalue weighted by atomic mass is 127. The van der Waals surface area contributed by atoms with E-state index in [0.29, 0.717) is 30.5 Å². The Balaban J connectivity index is 0.00000312. The molecule has 6 nitrogen and oxygen atoms in total. The van der Waals surface area contributed by atoms with Crippen LogP contribution < -0.4 is 20.1 Å². The lowest BCUT2D eigenvalue weighted by molar-refractivity contribution is 0.354. The van der Waals surface area contributed by atoms with Crippen molar-refractivity contribution >= 4 is 57.2 Å². The van der Waals surface area contributed by atoms with Crippen molar-refractivity contribution in [1.29, 1.82) is 0 Å². The molecule has 0 spiro atoms. The summed E-state index contributed by atoms with van der Waals surface area (Å²) in [5.41, 5.74) is 1.04. The van der Waals surface area contributed by atoms with Crippen LogP contribution in [0.5, 0.6) is 11.5 Å². The van der Waals surface area contributed by atoms with Crippen molar-refractivity contribution in [3.05, 3.63) is 38.3 Å².